The molecule has 0 radical (unpaired) electrons. The molecule has 0 bridgehead atoms. The van der Waals surface area contributed by atoms with Gasteiger partial charge in [0, 0.05) is 11.2 Å². The van der Waals surface area contributed by atoms with Crippen LogP contribution in [0.3, 0.4) is 0 Å². The second kappa shape index (κ2) is 6.60. The summed E-state index contributed by atoms with van der Waals surface area (Å²) in [6.07, 6.45) is 2.70. The lowest BCUT2D eigenvalue weighted by molar-refractivity contribution is -0.205. The van der Waals surface area contributed by atoms with Gasteiger partial charge in [0.25, 0.3) is 0 Å². The number of anilines is 1. The number of carbonyl (C=O) groups is 1. The van der Waals surface area contributed by atoms with Gasteiger partial charge < -0.3 is 4.74 Å². The lowest BCUT2D eigenvalue weighted by Gasteiger charge is -2.23. The molecule has 1 N–H and O–H groups in total. The first-order valence-electron chi connectivity index (χ1n) is 6.22. The van der Waals surface area contributed by atoms with Gasteiger partial charge in [0.1, 0.15) is 0 Å². The molecular formula is C13H16ClN3O3. The van der Waals surface area contributed by atoms with E-state index in [1.807, 2.05) is 12.1 Å². The minimum absolute atomic E-state index is 0.324. The molecule has 1 aromatic carbocycles. The summed E-state index contributed by atoms with van der Waals surface area (Å²) in [4.78, 5) is 16.9. The van der Waals surface area contributed by atoms with Crippen molar-refractivity contribution in [3.05, 3.63) is 41.7 Å². The zero-order valence-electron chi connectivity index (χ0n) is 11.2. The monoisotopic (exact) mass is 297 g/mol. The highest BCUT2D eigenvalue weighted by atomic mass is 35.5. The molecule has 7 heteroatoms. The summed E-state index contributed by atoms with van der Waals surface area (Å²) in [6, 6.07) is 7.33. The van der Waals surface area contributed by atoms with Crippen LogP contribution < -0.4 is 10.5 Å². The Bertz CT molecular complexity index is 509. The predicted octanol–water partition coefficient (Wildman–Crippen LogP) is 2.24. The summed E-state index contributed by atoms with van der Waals surface area (Å²) in [5.74, 6) is -0.413. The molecule has 1 aliphatic heterocycles. The number of hydroxylamine groups is 1. The molecule has 0 amide bonds. The zero-order chi connectivity index (χ0) is 14.5. The molecule has 108 valence electrons. The third-order valence-corrected chi connectivity index (χ3v) is 2.77. The molecule has 0 fully saturated rings. The van der Waals surface area contributed by atoms with Gasteiger partial charge in [-0.2, -0.15) is 5.17 Å². The van der Waals surface area contributed by atoms with Gasteiger partial charge >= 0.3 is 5.97 Å². The molecule has 1 heterocycles. The summed E-state index contributed by atoms with van der Waals surface area (Å²) in [5.41, 5.74) is 3.78. The first kappa shape index (κ1) is 14.6. The number of ether oxygens (including phenoxy) is 1. The number of nitrogens with zero attached hydrogens (tertiary/aromatic N) is 2. The summed E-state index contributed by atoms with van der Waals surface area (Å²) in [6.45, 7) is 3.69. The van der Waals surface area contributed by atoms with Crippen molar-refractivity contribution < 1.29 is 14.4 Å². The van der Waals surface area contributed by atoms with E-state index in [9.17, 15) is 4.79 Å². The minimum Gasteiger partial charge on any atom is -0.464 e. The van der Waals surface area contributed by atoms with Crippen LogP contribution in [0.5, 0.6) is 0 Å². The molecule has 1 aromatic rings. The Balaban J connectivity index is 1.90. The molecule has 0 aromatic heterocycles. The number of halogens is 1. The third-order valence-electron chi connectivity index (χ3n) is 2.53. The van der Waals surface area contributed by atoms with E-state index in [-0.39, 0.29) is 0 Å². The van der Waals surface area contributed by atoms with E-state index in [0.29, 0.717) is 11.6 Å². The summed E-state index contributed by atoms with van der Waals surface area (Å²) < 4.78 is 4.87. The number of benzene rings is 1. The maximum absolute atomic E-state index is 11.5. The van der Waals surface area contributed by atoms with Crippen molar-refractivity contribution in [1.82, 2.24) is 10.7 Å². The van der Waals surface area contributed by atoms with Crippen molar-refractivity contribution in [2.45, 2.75) is 20.0 Å². The second-order valence-electron chi connectivity index (χ2n) is 4.07. The smallest absolute Gasteiger partial charge is 0.337 e. The molecule has 0 saturated carbocycles. The first-order chi connectivity index (χ1) is 9.60. The Morgan fingerprint density at radius 2 is 2.25 bits per heavy atom. The van der Waals surface area contributed by atoms with E-state index in [2.05, 4.69) is 5.53 Å². The zero-order valence-corrected chi connectivity index (χ0v) is 12.0. The van der Waals surface area contributed by atoms with Crippen molar-refractivity contribution in [2.75, 3.05) is 11.6 Å². The van der Waals surface area contributed by atoms with Crippen LogP contribution in [0.2, 0.25) is 5.02 Å². The normalized spacial score (nSPS) is 15.6. The van der Waals surface area contributed by atoms with E-state index < -0.39 is 12.1 Å². The summed E-state index contributed by atoms with van der Waals surface area (Å²) in [5, 5.41) is 3.68. The van der Waals surface area contributed by atoms with E-state index in [1.54, 1.807) is 43.4 Å². The van der Waals surface area contributed by atoms with E-state index in [0.717, 1.165) is 5.69 Å². The number of hydrogen-bond acceptors (Lipinski definition) is 6. The number of nitrogens with one attached hydrogen (secondary N) is 1. The predicted molar refractivity (Wildman–Crippen MR) is 75.2 cm³/mol. The maximum Gasteiger partial charge on any atom is 0.337 e. The molecule has 20 heavy (non-hydrogen) atoms. The van der Waals surface area contributed by atoms with E-state index in [1.165, 1.54) is 5.17 Å². The van der Waals surface area contributed by atoms with Crippen molar-refractivity contribution >= 4 is 23.3 Å². The number of carbonyl (C=O) groups excluding carboxylic acids is 1. The number of hydrogen-bond donors (Lipinski definition) is 1. The Hall–Kier alpha value is -1.76. The number of hydrazine groups is 2. The van der Waals surface area contributed by atoms with Gasteiger partial charge in [-0.3, -0.25) is 5.01 Å². The molecule has 1 unspecified atom stereocenters. The topological polar surface area (TPSA) is 54.0 Å². The van der Waals surface area contributed by atoms with Gasteiger partial charge in [0.2, 0.25) is 0 Å². The van der Waals surface area contributed by atoms with E-state index in [4.69, 9.17) is 21.2 Å². The average molecular weight is 298 g/mol. The lowest BCUT2D eigenvalue weighted by atomic mass is 10.3. The molecule has 1 atom stereocenters. The van der Waals surface area contributed by atoms with Crippen LogP contribution in [-0.2, 0) is 14.4 Å². The highest BCUT2D eigenvalue weighted by molar-refractivity contribution is 6.30. The van der Waals surface area contributed by atoms with Gasteiger partial charge in [0.05, 0.1) is 18.5 Å². The van der Waals surface area contributed by atoms with Crippen molar-refractivity contribution in [1.29, 1.82) is 0 Å². The maximum atomic E-state index is 11.5. The largest absolute Gasteiger partial charge is 0.464 e. The Morgan fingerprint density at radius 1 is 1.45 bits per heavy atom. The first-order valence-corrected chi connectivity index (χ1v) is 6.60. The SMILES string of the molecule is CCOC(=O)C(C)ON1C=CN(c2cccc(Cl)c2)N1. The Labute approximate surface area is 122 Å². The van der Waals surface area contributed by atoms with Crippen LogP contribution in [-0.4, -0.2) is 23.9 Å². The second-order valence-corrected chi connectivity index (χ2v) is 4.51. The highest BCUT2D eigenvalue weighted by Gasteiger charge is 2.21. The quantitative estimate of drug-likeness (QED) is 0.841. The molecule has 0 spiro atoms. The van der Waals surface area contributed by atoms with Crippen LogP contribution in [0.1, 0.15) is 13.8 Å². The van der Waals surface area contributed by atoms with Crippen LogP contribution in [0.15, 0.2) is 36.7 Å². The van der Waals surface area contributed by atoms with Gasteiger partial charge in [-0.05, 0) is 32.0 Å². The van der Waals surface area contributed by atoms with E-state index >= 15 is 0 Å². The van der Waals surface area contributed by atoms with Crippen molar-refractivity contribution in [3.8, 4) is 0 Å². The van der Waals surface area contributed by atoms with Gasteiger partial charge in [0.15, 0.2) is 6.10 Å². The average Bonchev–Trinajstić information content (AvgIpc) is 2.87. The Kier molecular flexibility index (Phi) is 4.84. The fourth-order valence-corrected chi connectivity index (χ4v) is 1.79. The summed E-state index contributed by atoms with van der Waals surface area (Å²) in [7, 11) is 0. The van der Waals surface area contributed by atoms with Crippen LogP contribution in [0, 0.1) is 0 Å². The van der Waals surface area contributed by atoms with Crippen molar-refractivity contribution in [2.24, 2.45) is 0 Å². The number of rotatable bonds is 5. The highest BCUT2D eigenvalue weighted by Crippen LogP contribution is 2.20. The molecule has 0 saturated heterocycles. The molecule has 1 aliphatic rings. The van der Waals surface area contributed by atoms with Crippen LogP contribution in [0.25, 0.3) is 0 Å². The van der Waals surface area contributed by atoms with Gasteiger partial charge in [-0.15, -0.1) is 5.53 Å². The van der Waals surface area contributed by atoms with Gasteiger partial charge in [-0.25, -0.2) is 9.63 Å². The minimum atomic E-state index is -0.702. The van der Waals surface area contributed by atoms with Gasteiger partial charge in [-0.1, -0.05) is 17.7 Å². The lowest BCUT2D eigenvalue weighted by Crippen LogP contribution is -2.42. The van der Waals surface area contributed by atoms with Crippen molar-refractivity contribution in [3.63, 3.8) is 0 Å². The summed E-state index contributed by atoms with van der Waals surface area (Å²) >= 11 is 5.94. The molecule has 2 rings (SSSR count). The standard InChI is InChI=1S/C13H16ClN3O3/c1-3-19-13(18)10(2)20-17-8-7-16(15-17)12-6-4-5-11(14)9-12/h4-10,15H,3H2,1-2H3. The fourth-order valence-electron chi connectivity index (χ4n) is 1.60. The fraction of sp³-hybridized carbons (Fsp3) is 0.308. The number of esters is 1. The van der Waals surface area contributed by atoms with Crippen LogP contribution >= 0.6 is 11.6 Å². The third kappa shape index (κ3) is 3.63. The Morgan fingerprint density at radius 3 is 2.95 bits per heavy atom. The van der Waals surface area contributed by atoms with Crippen LogP contribution in [0.4, 0.5) is 5.69 Å². The molecule has 6 nitrogen and oxygen atoms in total. The molecule has 0 aliphatic carbocycles. The molecular weight excluding hydrogens is 282 g/mol.